The molecule has 2 aromatic rings. The van der Waals surface area contributed by atoms with Gasteiger partial charge in [0.15, 0.2) is 0 Å². The third-order valence-corrected chi connectivity index (χ3v) is 3.98. The average molecular weight is 294 g/mol. The summed E-state index contributed by atoms with van der Waals surface area (Å²) in [6.07, 6.45) is 4.22. The normalized spacial score (nSPS) is 12.1. The molecule has 3 heteroatoms. The first kappa shape index (κ1) is 15.1. The Bertz CT molecular complexity index is 716. The van der Waals surface area contributed by atoms with Crippen LogP contribution >= 0.6 is 11.3 Å². The molecule has 1 N–H and O–H groups in total. The summed E-state index contributed by atoms with van der Waals surface area (Å²) in [6.45, 7) is 4.04. The first-order chi connectivity index (χ1) is 10.1. The number of benzene rings is 1. The highest BCUT2D eigenvalue weighted by Crippen LogP contribution is 2.21. The fraction of sp³-hybridized carbons (Fsp3) is 0.167. The molecule has 0 aliphatic heterocycles. The zero-order valence-electron chi connectivity index (χ0n) is 12.5. The SMILES string of the molecule is CN/C(C#N)=C(\C)c1cc(C)cc(/C=C/c2ccsc2)c1. The number of nitriles is 1. The van der Waals surface area contributed by atoms with E-state index in [1.54, 1.807) is 18.4 Å². The zero-order chi connectivity index (χ0) is 15.2. The van der Waals surface area contributed by atoms with Gasteiger partial charge in [-0.2, -0.15) is 16.6 Å². The number of rotatable bonds is 4. The molecule has 0 saturated heterocycles. The first-order valence-electron chi connectivity index (χ1n) is 6.75. The molecule has 0 spiro atoms. The van der Waals surface area contributed by atoms with E-state index in [1.165, 1.54) is 11.1 Å². The number of nitrogens with zero attached hydrogens (tertiary/aromatic N) is 1. The van der Waals surface area contributed by atoms with E-state index in [2.05, 4.69) is 65.5 Å². The summed E-state index contributed by atoms with van der Waals surface area (Å²) in [5, 5.41) is 16.3. The van der Waals surface area contributed by atoms with Crippen molar-refractivity contribution in [1.29, 1.82) is 5.26 Å². The number of hydrogen-bond acceptors (Lipinski definition) is 3. The van der Waals surface area contributed by atoms with E-state index in [0.717, 1.165) is 16.7 Å². The smallest absolute Gasteiger partial charge is 0.117 e. The second-order valence-corrected chi connectivity index (χ2v) is 5.66. The lowest BCUT2D eigenvalue weighted by Crippen LogP contribution is -2.05. The minimum Gasteiger partial charge on any atom is -0.379 e. The van der Waals surface area contributed by atoms with Gasteiger partial charge >= 0.3 is 0 Å². The lowest BCUT2D eigenvalue weighted by atomic mass is 9.99. The number of thiophene rings is 1. The van der Waals surface area contributed by atoms with Gasteiger partial charge in [-0.05, 0) is 64.6 Å². The number of hydrogen-bond donors (Lipinski definition) is 1. The van der Waals surface area contributed by atoms with Crippen molar-refractivity contribution in [1.82, 2.24) is 5.32 Å². The molecular weight excluding hydrogens is 276 g/mol. The van der Waals surface area contributed by atoms with Gasteiger partial charge in [-0.3, -0.25) is 0 Å². The summed E-state index contributed by atoms with van der Waals surface area (Å²) in [6, 6.07) is 10.6. The maximum atomic E-state index is 9.14. The van der Waals surface area contributed by atoms with Crippen LogP contribution < -0.4 is 5.32 Å². The quantitative estimate of drug-likeness (QED) is 0.830. The molecule has 0 aliphatic carbocycles. The number of aryl methyl sites for hydroxylation is 1. The van der Waals surface area contributed by atoms with Crippen LogP contribution in [0.3, 0.4) is 0 Å². The van der Waals surface area contributed by atoms with Gasteiger partial charge in [0, 0.05) is 7.05 Å². The predicted molar refractivity (Wildman–Crippen MR) is 91.7 cm³/mol. The Labute approximate surface area is 130 Å². The summed E-state index contributed by atoms with van der Waals surface area (Å²) in [5.74, 6) is 0. The van der Waals surface area contributed by atoms with E-state index in [9.17, 15) is 0 Å². The maximum absolute atomic E-state index is 9.14. The molecule has 0 saturated carbocycles. The summed E-state index contributed by atoms with van der Waals surface area (Å²) in [4.78, 5) is 0. The van der Waals surface area contributed by atoms with E-state index in [1.807, 2.05) is 6.92 Å². The average Bonchev–Trinajstić information content (AvgIpc) is 2.99. The van der Waals surface area contributed by atoms with Crippen LogP contribution in [0.4, 0.5) is 0 Å². The van der Waals surface area contributed by atoms with Crippen molar-refractivity contribution < 1.29 is 0 Å². The van der Waals surface area contributed by atoms with Crippen LogP contribution in [0.15, 0.2) is 40.7 Å². The largest absolute Gasteiger partial charge is 0.379 e. The molecule has 0 fully saturated rings. The minimum absolute atomic E-state index is 0.605. The fourth-order valence-corrected chi connectivity index (χ4v) is 2.79. The lowest BCUT2D eigenvalue weighted by Gasteiger charge is -2.08. The summed E-state index contributed by atoms with van der Waals surface area (Å²) in [7, 11) is 1.77. The highest BCUT2D eigenvalue weighted by Gasteiger charge is 2.04. The van der Waals surface area contributed by atoms with Crippen LogP contribution in [-0.2, 0) is 0 Å². The van der Waals surface area contributed by atoms with Crippen molar-refractivity contribution in [3.8, 4) is 6.07 Å². The van der Waals surface area contributed by atoms with Crippen molar-refractivity contribution in [3.63, 3.8) is 0 Å². The predicted octanol–water partition coefficient (Wildman–Crippen LogP) is 4.70. The molecule has 2 nitrogen and oxygen atoms in total. The summed E-state index contributed by atoms with van der Waals surface area (Å²) < 4.78 is 0. The Kier molecular flexibility index (Phi) is 4.97. The molecule has 0 amide bonds. The third kappa shape index (κ3) is 3.84. The van der Waals surface area contributed by atoms with Crippen molar-refractivity contribution in [3.05, 3.63) is 63.0 Å². The maximum Gasteiger partial charge on any atom is 0.117 e. The summed E-state index contributed by atoms with van der Waals surface area (Å²) >= 11 is 1.69. The van der Waals surface area contributed by atoms with Crippen LogP contribution in [0.1, 0.15) is 29.2 Å². The topological polar surface area (TPSA) is 35.8 Å². The van der Waals surface area contributed by atoms with Crippen molar-refractivity contribution in [2.75, 3.05) is 7.05 Å². The first-order valence-corrected chi connectivity index (χ1v) is 7.69. The molecule has 21 heavy (non-hydrogen) atoms. The molecule has 0 aliphatic rings. The van der Waals surface area contributed by atoms with Crippen molar-refractivity contribution in [2.24, 2.45) is 0 Å². The van der Waals surface area contributed by atoms with Gasteiger partial charge in [0.2, 0.25) is 0 Å². The molecule has 0 atom stereocenters. The Hall–Kier alpha value is -2.31. The van der Waals surface area contributed by atoms with E-state index in [4.69, 9.17) is 5.26 Å². The highest BCUT2D eigenvalue weighted by atomic mass is 32.1. The highest BCUT2D eigenvalue weighted by molar-refractivity contribution is 7.08. The van der Waals surface area contributed by atoms with Gasteiger partial charge in [-0.25, -0.2) is 0 Å². The number of nitrogens with one attached hydrogen (secondary N) is 1. The Morgan fingerprint density at radius 2 is 2.00 bits per heavy atom. The van der Waals surface area contributed by atoms with Crippen LogP contribution in [0.5, 0.6) is 0 Å². The van der Waals surface area contributed by atoms with E-state index in [0.29, 0.717) is 5.70 Å². The molecule has 0 bridgehead atoms. The van der Waals surface area contributed by atoms with Crippen LogP contribution in [0.25, 0.3) is 17.7 Å². The van der Waals surface area contributed by atoms with E-state index < -0.39 is 0 Å². The molecule has 106 valence electrons. The standard InChI is InChI=1S/C18H18N2S/c1-13-8-16(5-4-15-6-7-21-12-15)10-17(9-13)14(2)18(11-19)20-3/h4-10,12,20H,1-3H3/b5-4+,18-14+. The monoisotopic (exact) mass is 294 g/mol. The molecule has 0 unspecified atom stereocenters. The molecule has 1 heterocycles. The molecule has 0 radical (unpaired) electrons. The van der Waals surface area contributed by atoms with Crippen LogP contribution in [0.2, 0.25) is 0 Å². The van der Waals surface area contributed by atoms with Crippen molar-refractivity contribution >= 4 is 29.1 Å². The second kappa shape index (κ2) is 6.92. The molecule has 2 rings (SSSR count). The van der Waals surface area contributed by atoms with Crippen LogP contribution in [0, 0.1) is 18.3 Å². The van der Waals surface area contributed by atoms with E-state index >= 15 is 0 Å². The van der Waals surface area contributed by atoms with Crippen LogP contribution in [-0.4, -0.2) is 7.05 Å². The minimum atomic E-state index is 0.605. The third-order valence-electron chi connectivity index (χ3n) is 3.28. The van der Waals surface area contributed by atoms with Gasteiger partial charge in [0.1, 0.15) is 11.8 Å². The van der Waals surface area contributed by atoms with Crippen molar-refractivity contribution in [2.45, 2.75) is 13.8 Å². The van der Waals surface area contributed by atoms with Gasteiger partial charge in [-0.1, -0.05) is 24.3 Å². The Morgan fingerprint density at radius 3 is 2.62 bits per heavy atom. The zero-order valence-corrected chi connectivity index (χ0v) is 13.3. The lowest BCUT2D eigenvalue weighted by molar-refractivity contribution is 1.04. The van der Waals surface area contributed by atoms with E-state index in [-0.39, 0.29) is 0 Å². The van der Waals surface area contributed by atoms with Gasteiger partial charge < -0.3 is 5.32 Å². The Morgan fingerprint density at radius 1 is 1.24 bits per heavy atom. The molecular formula is C18H18N2S. The van der Waals surface area contributed by atoms with Gasteiger partial charge in [0.05, 0.1) is 0 Å². The second-order valence-electron chi connectivity index (χ2n) is 4.88. The molecule has 1 aromatic carbocycles. The Balaban J connectivity index is 2.38. The van der Waals surface area contributed by atoms with Gasteiger partial charge in [-0.15, -0.1) is 0 Å². The molecule has 1 aromatic heterocycles. The summed E-state index contributed by atoms with van der Waals surface area (Å²) in [5.41, 5.74) is 6.19. The number of allylic oxidation sites excluding steroid dienone is 2. The fourth-order valence-electron chi connectivity index (χ4n) is 2.16. The van der Waals surface area contributed by atoms with Gasteiger partial charge in [0.25, 0.3) is 0 Å².